The minimum Gasteiger partial charge on any atom is -0.487 e. The molecule has 1 N–H and O–H groups in total. The van der Waals surface area contributed by atoms with Crippen LogP contribution >= 0.6 is 0 Å². The Morgan fingerprint density at radius 1 is 1.25 bits per heavy atom. The maximum absolute atomic E-state index is 14.6. The number of rotatable bonds is 2. The fourth-order valence-corrected chi connectivity index (χ4v) is 2.91. The summed E-state index contributed by atoms with van der Waals surface area (Å²) in [5.74, 6) is -0.158. The number of aryl methyl sites for hydroxylation is 1. The molecule has 1 aromatic carbocycles. The molecule has 20 heavy (non-hydrogen) atoms. The Morgan fingerprint density at radius 3 is 2.75 bits per heavy atom. The van der Waals surface area contributed by atoms with Crippen molar-refractivity contribution in [1.29, 1.82) is 0 Å². The van der Waals surface area contributed by atoms with Gasteiger partial charge in [0.1, 0.15) is 0 Å². The van der Waals surface area contributed by atoms with Gasteiger partial charge in [0.05, 0.1) is 11.5 Å². The number of aromatic amines is 1. The van der Waals surface area contributed by atoms with Gasteiger partial charge in [-0.15, -0.1) is 0 Å². The third-order valence-electron chi connectivity index (χ3n) is 4.01. The highest BCUT2D eigenvalue weighted by atomic mass is 19.1. The lowest BCUT2D eigenvalue weighted by molar-refractivity contribution is 0.149. The molecule has 0 bridgehead atoms. The van der Waals surface area contributed by atoms with Gasteiger partial charge in [0, 0.05) is 11.6 Å². The third kappa shape index (κ3) is 2.30. The molecule has 0 spiro atoms. The lowest BCUT2D eigenvalue weighted by Gasteiger charge is -2.23. The number of fused-ring (bicyclic) bond motifs is 1. The number of pyridine rings is 1. The van der Waals surface area contributed by atoms with E-state index in [0.29, 0.717) is 16.3 Å². The van der Waals surface area contributed by atoms with Crippen molar-refractivity contribution in [3.63, 3.8) is 0 Å². The van der Waals surface area contributed by atoms with Crippen LogP contribution in [0.2, 0.25) is 0 Å². The van der Waals surface area contributed by atoms with Crippen LogP contribution in [-0.4, -0.2) is 11.1 Å². The van der Waals surface area contributed by atoms with Gasteiger partial charge in [-0.05, 0) is 50.3 Å². The Hall–Kier alpha value is -1.84. The molecule has 3 rings (SSSR count). The highest BCUT2D eigenvalue weighted by Gasteiger charge is 2.19. The zero-order valence-electron chi connectivity index (χ0n) is 11.5. The first-order valence-corrected chi connectivity index (χ1v) is 7.14. The summed E-state index contributed by atoms with van der Waals surface area (Å²) in [7, 11) is 0. The van der Waals surface area contributed by atoms with Crippen LogP contribution in [0.5, 0.6) is 5.75 Å². The van der Waals surface area contributed by atoms with Crippen LogP contribution in [-0.2, 0) is 0 Å². The largest absolute Gasteiger partial charge is 0.487 e. The highest BCUT2D eigenvalue weighted by Crippen LogP contribution is 2.30. The summed E-state index contributed by atoms with van der Waals surface area (Å²) in [5.41, 5.74) is 0.444. The first-order valence-electron chi connectivity index (χ1n) is 7.14. The zero-order valence-corrected chi connectivity index (χ0v) is 11.5. The monoisotopic (exact) mass is 275 g/mol. The van der Waals surface area contributed by atoms with Crippen molar-refractivity contribution in [3.8, 4) is 5.75 Å². The molecule has 1 aliphatic carbocycles. The van der Waals surface area contributed by atoms with Gasteiger partial charge in [0.25, 0.3) is 5.56 Å². The fourth-order valence-electron chi connectivity index (χ4n) is 2.91. The number of halogens is 1. The fraction of sp³-hybridized carbons (Fsp3) is 0.438. The second kappa shape index (κ2) is 5.27. The molecule has 1 heterocycles. The Balaban J connectivity index is 2.02. The summed E-state index contributed by atoms with van der Waals surface area (Å²) in [5, 5.41) is 0.737. The molecule has 0 radical (unpaired) electrons. The first kappa shape index (κ1) is 13.2. The number of benzene rings is 1. The second-order valence-corrected chi connectivity index (χ2v) is 5.48. The molecule has 106 valence electrons. The molecule has 1 saturated carbocycles. The van der Waals surface area contributed by atoms with Crippen LogP contribution in [0.1, 0.15) is 37.7 Å². The summed E-state index contributed by atoms with van der Waals surface area (Å²) in [4.78, 5) is 14.3. The number of ether oxygens (including phenoxy) is 1. The van der Waals surface area contributed by atoms with E-state index in [1.807, 2.05) is 0 Å². The summed E-state index contributed by atoms with van der Waals surface area (Å²) in [6, 6.07) is 3.21. The molecule has 0 amide bonds. The Labute approximate surface area is 116 Å². The van der Waals surface area contributed by atoms with Crippen molar-refractivity contribution >= 4 is 10.8 Å². The van der Waals surface area contributed by atoms with Crippen LogP contribution < -0.4 is 10.3 Å². The van der Waals surface area contributed by atoms with Crippen molar-refractivity contribution < 1.29 is 9.13 Å². The van der Waals surface area contributed by atoms with E-state index in [-0.39, 0.29) is 17.4 Å². The van der Waals surface area contributed by atoms with Gasteiger partial charge in [0.15, 0.2) is 11.6 Å². The van der Waals surface area contributed by atoms with E-state index in [1.165, 1.54) is 12.6 Å². The van der Waals surface area contributed by atoms with Crippen LogP contribution in [0.3, 0.4) is 0 Å². The molecule has 1 aliphatic rings. The van der Waals surface area contributed by atoms with Crippen LogP contribution in [0.4, 0.5) is 4.39 Å². The average molecular weight is 275 g/mol. The molecule has 3 nitrogen and oxygen atoms in total. The van der Waals surface area contributed by atoms with Gasteiger partial charge in [-0.3, -0.25) is 4.79 Å². The Kier molecular flexibility index (Phi) is 3.47. The Bertz CT molecular complexity index is 687. The molecule has 1 fully saturated rings. The van der Waals surface area contributed by atoms with Gasteiger partial charge in [-0.2, -0.15) is 0 Å². The summed E-state index contributed by atoms with van der Waals surface area (Å²) < 4.78 is 20.4. The molecule has 1 aromatic heterocycles. The van der Waals surface area contributed by atoms with Crippen molar-refractivity contribution in [3.05, 3.63) is 40.1 Å². The number of nitrogens with one attached hydrogen (secondary N) is 1. The van der Waals surface area contributed by atoms with Crippen molar-refractivity contribution in [2.24, 2.45) is 0 Å². The quantitative estimate of drug-likeness (QED) is 0.908. The van der Waals surface area contributed by atoms with Crippen LogP contribution in [0, 0.1) is 12.7 Å². The molecule has 0 aliphatic heterocycles. The summed E-state index contributed by atoms with van der Waals surface area (Å²) >= 11 is 0. The molecule has 4 heteroatoms. The standard InChI is InChI=1S/C16H18FNO2/c1-10-9-18-16(19)12-7-8-13(15(17)14(10)12)20-11-5-3-2-4-6-11/h7-9,11H,2-6H2,1H3,(H,18,19). The second-order valence-electron chi connectivity index (χ2n) is 5.48. The zero-order chi connectivity index (χ0) is 14.1. The molecule has 0 saturated heterocycles. The van der Waals surface area contributed by atoms with E-state index in [9.17, 15) is 9.18 Å². The highest BCUT2D eigenvalue weighted by molar-refractivity contribution is 5.86. The van der Waals surface area contributed by atoms with E-state index in [0.717, 1.165) is 25.7 Å². The van der Waals surface area contributed by atoms with E-state index in [2.05, 4.69) is 4.98 Å². The van der Waals surface area contributed by atoms with Gasteiger partial charge in [-0.1, -0.05) is 6.42 Å². The third-order valence-corrected chi connectivity index (χ3v) is 4.01. The maximum Gasteiger partial charge on any atom is 0.255 e. The van der Waals surface area contributed by atoms with E-state index in [1.54, 1.807) is 19.1 Å². The minimum absolute atomic E-state index is 0.0954. The van der Waals surface area contributed by atoms with E-state index >= 15 is 0 Å². The van der Waals surface area contributed by atoms with Crippen LogP contribution in [0.15, 0.2) is 23.1 Å². The predicted molar refractivity (Wildman–Crippen MR) is 76.8 cm³/mol. The smallest absolute Gasteiger partial charge is 0.255 e. The van der Waals surface area contributed by atoms with Crippen molar-refractivity contribution in [2.75, 3.05) is 0 Å². The topological polar surface area (TPSA) is 42.1 Å². The van der Waals surface area contributed by atoms with Crippen molar-refractivity contribution in [1.82, 2.24) is 4.98 Å². The number of hydrogen-bond acceptors (Lipinski definition) is 2. The normalized spacial score (nSPS) is 16.5. The molecular weight excluding hydrogens is 257 g/mol. The number of aromatic nitrogens is 1. The Morgan fingerprint density at radius 2 is 2.00 bits per heavy atom. The number of hydrogen-bond donors (Lipinski definition) is 1. The lowest BCUT2D eigenvalue weighted by atomic mass is 9.97. The van der Waals surface area contributed by atoms with Gasteiger partial charge in [-0.25, -0.2) is 4.39 Å². The molecule has 2 aromatic rings. The SMILES string of the molecule is Cc1c[nH]c(=O)c2ccc(OC3CCCCC3)c(F)c12. The van der Waals surface area contributed by atoms with E-state index < -0.39 is 5.82 Å². The molecular formula is C16H18FNO2. The minimum atomic E-state index is -0.420. The van der Waals surface area contributed by atoms with Crippen LogP contribution in [0.25, 0.3) is 10.8 Å². The molecule has 0 atom stereocenters. The van der Waals surface area contributed by atoms with Gasteiger partial charge >= 0.3 is 0 Å². The maximum atomic E-state index is 14.6. The number of H-pyrrole nitrogens is 1. The van der Waals surface area contributed by atoms with Crippen molar-refractivity contribution in [2.45, 2.75) is 45.1 Å². The first-order chi connectivity index (χ1) is 9.66. The molecule has 0 unspecified atom stereocenters. The van der Waals surface area contributed by atoms with E-state index in [4.69, 9.17) is 4.74 Å². The summed E-state index contributed by atoms with van der Waals surface area (Å²) in [6.45, 7) is 1.78. The average Bonchev–Trinajstić information content (AvgIpc) is 2.46. The lowest BCUT2D eigenvalue weighted by Crippen LogP contribution is -2.20. The van der Waals surface area contributed by atoms with Gasteiger partial charge < -0.3 is 9.72 Å². The predicted octanol–water partition coefficient (Wildman–Crippen LogP) is 3.69. The van der Waals surface area contributed by atoms with Gasteiger partial charge in [0.2, 0.25) is 0 Å². The summed E-state index contributed by atoms with van der Waals surface area (Å²) in [6.07, 6.45) is 7.10.